The molecule has 0 aliphatic carbocycles. The molecule has 0 radical (unpaired) electrons. The molecule has 3 heteroatoms. The third kappa shape index (κ3) is 3.64. The molecule has 0 saturated carbocycles. The molecule has 1 aliphatic heterocycles. The molecule has 1 heterocycles. The molecule has 3 aromatic rings. The summed E-state index contributed by atoms with van der Waals surface area (Å²) in [5.41, 5.74) is 3.35. The van der Waals surface area contributed by atoms with E-state index in [1.807, 2.05) is 60.7 Å². The van der Waals surface area contributed by atoms with Crippen LogP contribution in [0.1, 0.15) is 41.6 Å². The predicted molar refractivity (Wildman–Crippen MR) is 101 cm³/mol. The lowest BCUT2D eigenvalue weighted by Crippen LogP contribution is -2.24. The molecule has 3 atom stereocenters. The van der Waals surface area contributed by atoms with Gasteiger partial charge in [0.2, 0.25) is 0 Å². The molecule has 0 bridgehead atoms. The zero-order chi connectivity index (χ0) is 17.8. The SMILES string of the molecule is COc1ccc([C@H]2C[C@@H](c3ccccc3)O[C@@H](c3ccccc3)O2)cc1. The molecule has 26 heavy (non-hydrogen) atoms. The van der Waals surface area contributed by atoms with Crippen molar-refractivity contribution in [1.82, 2.24) is 0 Å². The normalized spacial score (nSPS) is 22.7. The van der Waals surface area contributed by atoms with E-state index in [9.17, 15) is 0 Å². The molecule has 3 nitrogen and oxygen atoms in total. The van der Waals surface area contributed by atoms with Gasteiger partial charge in [-0.1, -0.05) is 72.8 Å². The van der Waals surface area contributed by atoms with Gasteiger partial charge in [-0.25, -0.2) is 0 Å². The standard InChI is InChI=1S/C23H22O3/c1-24-20-14-12-18(13-15-20)22-16-21(17-8-4-2-5-9-17)25-23(26-22)19-10-6-3-7-11-19/h2-15,21-23H,16H2,1H3/t21-,22+,23+/m0/s1. The van der Waals surface area contributed by atoms with Crippen molar-refractivity contribution in [3.05, 3.63) is 102 Å². The molecule has 0 unspecified atom stereocenters. The van der Waals surface area contributed by atoms with Gasteiger partial charge in [-0.2, -0.15) is 0 Å². The number of benzene rings is 3. The zero-order valence-electron chi connectivity index (χ0n) is 14.7. The molecule has 0 spiro atoms. The highest BCUT2D eigenvalue weighted by atomic mass is 16.7. The van der Waals surface area contributed by atoms with Gasteiger partial charge in [-0.3, -0.25) is 0 Å². The first-order chi connectivity index (χ1) is 12.8. The van der Waals surface area contributed by atoms with E-state index in [2.05, 4.69) is 24.3 Å². The topological polar surface area (TPSA) is 27.7 Å². The molecule has 0 amide bonds. The minimum absolute atomic E-state index is 0.0118. The van der Waals surface area contributed by atoms with Crippen molar-refractivity contribution in [2.24, 2.45) is 0 Å². The van der Waals surface area contributed by atoms with Crippen LogP contribution in [-0.2, 0) is 9.47 Å². The summed E-state index contributed by atoms with van der Waals surface area (Å²) >= 11 is 0. The van der Waals surface area contributed by atoms with Crippen molar-refractivity contribution in [2.45, 2.75) is 24.9 Å². The summed E-state index contributed by atoms with van der Waals surface area (Å²) in [5, 5.41) is 0. The second kappa shape index (κ2) is 7.73. The van der Waals surface area contributed by atoms with Gasteiger partial charge in [0, 0.05) is 12.0 Å². The van der Waals surface area contributed by atoms with Crippen LogP contribution in [0.25, 0.3) is 0 Å². The first-order valence-electron chi connectivity index (χ1n) is 8.88. The molecular weight excluding hydrogens is 324 g/mol. The summed E-state index contributed by atoms with van der Waals surface area (Å²) in [6.07, 6.45) is 0.342. The molecule has 1 aliphatic rings. The van der Waals surface area contributed by atoms with Gasteiger partial charge in [0.15, 0.2) is 6.29 Å². The van der Waals surface area contributed by atoms with E-state index in [1.165, 1.54) is 5.56 Å². The highest BCUT2D eigenvalue weighted by Gasteiger charge is 2.32. The summed E-state index contributed by atoms with van der Waals surface area (Å²) in [4.78, 5) is 0. The average Bonchev–Trinajstić information content (AvgIpc) is 2.75. The van der Waals surface area contributed by atoms with Gasteiger partial charge in [0.25, 0.3) is 0 Å². The number of rotatable bonds is 4. The largest absolute Gasteiger partial charge is 0.497 e. The van der Waals surface area contributed by atoms with E-state index in [1.54, 1.807) is 7.11 Å². The van der Waals surface area contributed by atoms with Crippen LogP contribution in [-0.4, -0.2) is 7.11 Å². The van der Waals surface area contributed by atoms with Gasteiger partial charge in [0.05, 0.1) is 19.3 Å². The van der Waals surface area contributed by atoms with E-state index in [-0.39, 0.29) is 18.5 Å². The smallest absolute Gasteiger partial charge is 0.185 e. The van der Waals surface area contributed by atoms with Gasteiger partial charge >= 0.3 is 0 Å². The van der Waals surface area contributed by atoms with Gasteiger partial charge in [-0.05, 0) is 23.3 Å². The van der Waals surface area contributed by atoms with Crippen molar-refractivity contribution >= 4 is 0 Å². The van der Waals surface area contributed by atoms with E-state index in [0.29, 0.717) is 0 Å². The quantitative estimate of drug-likeness (QED) is 0.614. The zero-order valence-corrected chi connectivity index (χ0v) is 14.7. The fraction of sp³-hybridized carbons (Fsp3) is 0.217. The molecule has 0 N–H and O–H groups in total. The first-order valence-corrected chi connectivity index (χ1v) is 8.88. The Morgan fingerprint density at radius 1 is 0.654 bits per heavy atom. The molecule has 1 saturated heterocycles. The van der Waals surface area contributed by atoms with Gasteiger partial charge in [-0.15, -0.1) is 0 Å². The monoisotopic (exact) mass is 346 g/mol. The third-order valence-corrected chi connectivity index (χ3v) is 4.73. The molecule has 1 fully saturated rings. The van der Waals surface area contributed by atoms with Crippen molar-refractivity contribution in [2.75, 3.05) is 7.11 Å². The predicted octanol–water partition coefficient (Wildman–Crippen LogP) is 5.61. The number of ether oxygens (including phenoxy) is 3. The molecule has 4 rings (SSSR count). The molecule has 0 aromatic heterocycles. The van der Waals surface area contributed by atoms with Crippen molar-refractivity contribution in [1.29, 1.82) is 0 Å². The highest BCUT2D eigenvalue weighted by Crippen LogP contribution is 2.43. The average molecular weight is 346 g/mol. The van der Waals surface area contributed by atoms with Gasteiger partial charge in [0.1, 0.15) is 5.75 Å². The summed E-state index contributed by atoms with van der Waals surface area (Å²) in [7, 11) is 1.68. The van der Waals surface area contributed by atoms with E-state index in [4.69, 9.17) is 14.2 Å². The Kier molecular flexibility index (Phi) is 5.00. The lowest BCUT2D eigenvalue weighted by Gasteiger charge is -2.36. The minimum atomic E-state index is -0.387. The van der Waals surface area contributed by atoms with Crippen LogP contribution in [0.15, 0.2) is 84.9 Å². The second-order valence-corrected chi connectivity index (χ2v) is 6.41. The second-order valence-electron chi connectivity index (χ2n) is 6.41. The Labute approximate surface area is 154 Å². The summed E-state index contributed by atoms with van der Waals surface area (Å²) in [6.45, 7) is 0. The Morgan fingerprint density at radius 3 is 1.69 bits per heavy atom. The fourth-order valence-corrected chi connectivity index (χ4v) is 3.32. The number of methoxy groups -OCH3 is 1. The molecular formula is C23H22O3. The molecule has 132 valence electrons. The Balaban J connectivity index is 1.64. The summed E-state index contributed by atoms with van der Waals surface area (Å²) in [6, 6.07) is 28.6. The number of hydrogen-bond donors (Lipinski definition) is 0. The van der Waals surface area contributed by atoms with Crippen LogP contribution < -0.4 is 4.74 Å². The molecule has 3 aromatic carbocycles. The van der Waals surface area contributed by atoms with Crippen LogP contribution in [0.3, 0.4) is 0 Å². The van der Waals surface area contributed by atoms with Crippen LogP contribution in [0, 0.1) is 0 Å². The van der Waals surface area contributed by atoms with Crippen molar-refractivity contribution in [3.63, 3.8) is 0 Å². The van der Waals surface area contributed by atoms with Gasteiger partial charge < -0.3 is 14.2 Å². The van der Waals surface area contributed by atoms with Crippen LogP contribution in [0.2, 0.25) is 0 Å². The maximum atomic E-state index is 6.32. The lowest BCUT2D eigenvalue weighted by atomic mass is 9.97. The number of hydrogen-bond acceptors (Lipinski definition) is 3. The van der Waals surface area contributed by atoms with Crippen molar-refractivity contribution < 1.29 is 14.2 Å². The Hall–Kier alpha value is -2.62. The third-order valence-electron chi connectivity index (χ3n) is 4.73. The van der Waals surface area contributed by atoms with E-state index in [0.717, 1.165) is 23.3 Å². The van der Waals surface area contributed by atoms with Crippen LogP contribution >= 0.6 is 0 Å². The summed E-state index contributed by atoms with van der Waals surface area (Å²) in [5.74, 6) is 0.847. The van der Waals surface area contributed by atoms with Crippen LogP contribution in [0.5, 0.6) is 5.75 Å². The minimum Gasteiger partial charge on any atom is -0.497 e. The Morgan fingerprint density at radius 2 is 1.15 bits per heavy atom. The van der Waals surface area contributed by atoms with Crippen LogP contribution in [0.4, 0.5) is 0 Å². The van der Waals surface area contributed by atoms with E-state index < -0.39 is 0 Å². The maximum Gasteiger partial charge on any atom is 0.185 e. The lowest BCUT2D eigenvalue weighted by molar-refractivity contribution is -0.253. The van der Waals surface area contributed by atoms with E-state index >= 15 is 0 Å². The maximum absolute atomic E-state index is 6.32. The summed E-state index contributed by atoms with van der Waals surface area (Å²) < 4.78 is 17.9. The first kappa shape index (κ1) is 16.8. The fourth-order valence-electron chi connectivity index (χ4n) is 3.32. The Bertz CT molecular complexity index is 768. The highest BCUT2D eigenvalue weighted by molar-refractivity contribution is 5.30. The van der Waals surface area contributed by atoms with Crippen molar-refractivity contribution in [3.8, 4) is 5.75 Å².